The molecule has 1 amide bonds. The van der Waals surface area contributed by atoms with Gasteiger partial charge in [0.05, 0.1) is 18.2 Å². The van der Waals surface area contributed by atoms with Crippen molar-refractivity contribution in [2.24, 2.45) is 5.10 Å². The number of rotatable bonds is 8. The van der Waals surface area contributed by atoms with E-state index >= 15 is 0 Å². The quantitative estimate of drug-likeness (QED) is 0.238. The Kier molecular flexibility index (Phi) is 6.80. The smallest absolute Gasteiger partial charge is 0.339 e. The average Bonchev–Trinajstić information content (AvgIpc) is 2.80. The van der Waals surface area contributed by atoms with Gasteiger partial charge in [0.2, 0.25) is 0 Å². The molecule has 3 aromatic carbocycles. The van der Waals surface area contributed by atoms with Crippen LogP contribution in [0.5, 0.6) is 11.5 Å². The average molecular weight is 455 g/mol. The molecule has 0 aliphatic heterocycles. The van der Waals surface area contributed by atoms with Crippen LogP contribution in [0.3, 0.4) is 0 Å². The van der Waals surface area contributed by atoms with Gasteiger partial charge in [-0.15, -0.1) is 0 Å². The maximum Gasteiger partial charge on any atom is 0.339 e. The number of carbonyl (C=O) groups excluding carboxylic acids is 1. The van der Waals surface area contributed by atoms with Gasteiger partial charge in [-0.2, -0.15) is 13.5 Å². The molecule has 0 aliphatic rings. The van der Waals surface area contributed by atoms with Crippen LogP contribution in [0.4, 0.5) is 5.69 Å². The van der Waals surface area contributed by atoms with Crippen molar-refractivity contribution in [2.45, 2.75) is 4.90 Å². The number of methoxy groups -OCH3 is 1. The summed E-state index contributed by atoms with van der Waals surface area (Å²) in [6.45, 7) is 0. The number of non-ortho nitro benzene ring substituents is 1. The molecule has 0 saturated heterocycles. The van der Waals surface area contributed by atoms with E-state index in [1.807, 2.05) is 0 Å². The van der Waals surface area contributed by atoms with E-state index in [1.165, 1.54) is 43.7 Å². The summed E-state index contributed by atoms with van der Waals surface area (Å²) in [5.74, 6) is 0.0501. The van der Waals surface area contributed by atoms with Crippen molar-refractivity contribution in [3.05, 3.63) is 94.0 Å². The van der Waals surface area contributed by atoms with Crippen LogP contribution in [-0.2, 0) is 10.1 Å². The molecular formula is C21H17N3O7S. The minimum atomic E-state index is -4.35. The second-order valence-electron chi connectivity index (χ2n) is 6.26. The number of ether oxygens (including phenoxy) is 1. The van der Waals surface area contributed by atoms with Crippen molar-refractivity contribution in [3.63, 3.8) is 0 Å². The molecule has 0 saturated carbocycles. The van der Waals surface area contributed by atoms with Crippen LogP contribution in [0, 0.1) is 10.1 Å². The van der Waals surface area contributed by atoms with E-state index in [-0.39, 0.29) is 21.9 Å². The first-order chi connectivity index (χ1) is 15.3. The van der Waals surface area contributed by atoms with Crippen LogP contribution in [-0.4, -0.2) is 32.6 Å². The SMILES string of the molecule is COc1ccc(C(=O)N/N=C\c2ccccc2OS(=O)(=O)c2cccc([N+](=O)[O-])c2)cc1. The molecule has 0 spiro atoms. The maximum absolute atomic E-state index is 12.6. The third kappa shape index (κ3) is 5.46. The third-order valence-corrected chi connectivity index (χ3v) is 5.39. The predicted molar refractivity (Wildman–Crippen MR) is 115 cm³/mol. The van der Waals surface area contributed by atoms with Crippen molar-refractivity contribution in [1.82, 2.24) is 5.43 Å². The van der Waals surface area contributed by atoms with E-state index < -0.39 is 20.9 Å². The predicted octanol–water partition coefficient (Wildman–Crippen LogP) is 3.14. The number of hydrogen-bond acceptors (Lipinski definition) is 8. The molecule has 0 aliphatic carbocycles. The fraction of sp³-hybridized carbons (Fsp3) is 0.0476. The summed E-state index contributed by atoms with van der Waals surface area (Å²) in [5.41, 5.74) is 2.56. The second kappa shape index (κ2) is 9.71. The molecule has 0 radical (unpaired) electrons. The maximum atomic E-state index is 12.6. The highest BCUT2D eigenvalue weighted by Gasteiger charge is 2.21. The summed E-state index contributed by atoms with van der Waals surface area (Å²) < 4.78 is 35.3. The number of hydrazone groups is 1. The minimum Gasteiger partial charge on any atom is -0.497 e. The Labute approximate surface area is 183 Å². The molecule has 0 bridgehead atoms. The van der Waals surface area contributed by atoms with Gasteiger partial charge >= 0.3 is 10.1 Å². The van der Waals surface area contributed by atoms with Gasteiger partial charge < -0.3 is 8.92 Å². The summed E-state index contributed by atoms with van der Waals surface area (Å²) >= 11 is 0. The fourth-order valence-electron chi connectivity index (χ4n) is 2.55. The first-order valence-electron chi connectivity index (χ1n) is 9.05. The van der Waals surface area contributed by atoms with Gasteiger partial charge in [-0.25, -0.2) is 5.43 Å². The third-order valence-electron chi connectivity index (χ3n) is 4.16. The molecule has 0 atom stereocenters. The molecule has 164 valence electrons. The molecule has 3 rings (SSSR count). The molecule has 0 heterocycles. The van der Waals surface area contributed by atoms with Crippen LogP contribution < -0.4 is 14.3 Å². The molecule has 32 heavy (non-hydrogen) atoms. The topological polar surface area (TPSA) is 137 Å². The molecule has 3 aromatic rings. The number of benzene rings is 3. The fourth-order valence-corrected chi connectivity index (χ4v) is 3.54. The Balaban J connectivity index is 1.76. The van der Waals surface area contributed by atoms with Crippen molar-refractivity contribution in [3.8, 4) is 11.5 Å². The van der Waals surface area contributed by atoms with E-state index in [9.17, 15) is 23.3 Å². The first kappa shape index (κ1) is 22.4. The second-order valence-corrected chi connectivity index (χ2v) is 7.80. The van der Waals surface area contributed by atoms with Crippen LogP contribution in [0.15, 0.2) is 82.8 Å². The van der Waals surface area contributed by atoms with Crippen molar-refractivity contribution in [1.29, 1.82) is 0 Å². The lowest BCUT2D eigenvalue weighted by Crippen LogP contribution is -2.17. The number of nitrogens with one attached hydrogen (secondary N) is 1. The lowest BCUT2D eigenvalue weighted by Gasteiger charge is -2.09. The number of carbonyl (C=O) groups is 1. The molecule has 0 fully saturated rings. The van der Waals surface area contributed by atoms with Crippen LogP contribution >= 0.6 is 0 Å². The van der Waals surface area contributed by atoms with Crippen molar-refractivity contribution < 1.29 is 27.1 Å². The van der Waals surface area contributed by atoms with Crippen molar-refractivity contribution >= 4 is 27.9 Å². The van der Waals surface area contributed by atoms with E-state index in [1.54, 1.807) is 36.4 Å². The van der Waals surface area contributed by atoms with E-state index in [2.05, 4.69) is 10.5 Å². The standard InChI is InChI=1S/C21H17N3O7S/c1-30-18-11-9-15(10-12-18)21(25)23-22-14-16-5-2-3-8-20(16)31-32(28,29)19-7-4-6-17(13-19)24(26)27/h2-14H,1H3,(H,23,25)/b22-14-. The normalized spacial score (nSPS) is 11.2. The summed E-state index contributed by atoms with van der Waals surface area (Å²) in [5, 5.41) is 14.8. The minimum absolute atomic E-state index is 0.0681. The number of amides is 1. The zero-order valence-electron chi connectivity index (χ0n) is 16.7. The summed E-state index contributed by atoms with van der Waals surface area (Å²) in [6.07, 6.45) is 1.22. The van der Waals surface area contributed by atoms with Gasteiger partial charge in [-0.1, -0.05) is 18.2 Å². The molecule has 0 aromatic heterocycles. The van der Waals surface area contributed by atoms with Crippen LogP contribution in [0.2, 0.25) is 0 Å². The number of hydrogen-bond donors (Lipinski definition) is 1. The highest BCUT2D eigenvalue weighted by Crippen LogP contribution is 2.24. The first-order valence-corrected chi connectivity index (χ1v) is 10.5. The molecular weight excluding hydrogens is 438 g/mol. The summed E-state index contributed by atoms with van der Waals surface area (Å²) in [6, 6.07) is 17.0. The van der Waals surface area contributed by atoms with Crippen LogP contribution in [0.25, 0.3) is 0 Å². The Morgan fingerprint density at radius 3 is 2.47 bits per heavy atom. The van der Waals surface area contributed by atoms with Gasteiger partial charge in [0, 0.05) is 23.3 Å². The number of nitrogens with zero attached hydrogens (tertiary/aromatic N) is 2. The van der Waals surface area contributed by atoms with E-state index in [4.69, 9.17) is 8.92 Å². The van der Waals surface area contributed by atoms with Crippen LogP contribution in [0.1, 0.15) is 15.9 Å². The number of nitro benzene ring substituents is 1. The number of para-hydroxylation sites is 1. The van der Waals surface area contributed by atoms with Gasteiger partial charge in [0.15, 0.2) is 5.75 Å². The zero-order valence-corrected chi connectivity index (χ0v) is 17.5. The molecule has 1 N–H and O–H groups in total. The van der Waals surface area contributed by atoms with Gasteiger partial charge in [0.25, 0.3) is 11.6 Å². The monoisotopic (exact) mass is 455 g/mol. The Bertz CT molecular complexity index is 1270. The van der Waals surface area contributed by atoms with Gasteiger partial charge in [-0.3, -0.25) is 14.9 Å². The lowest BCUT2D eigenvalue weighted by atomic mass is 10.2. The van der Waals surface area contributed by atoms with Gasteiger partial charge in [-0.05, 0) is 42.5 Å². The van der Waals surface area contributed by atoms with Gasteiger partial charge in [0.1, 0.15) is 10.6 Å². The van der Waals surface area contributed by atoms with E-state index in [0.717, 1.165) is 6.07 Å². The Morgan fingerprint density at radius 1 is 1.06 bits per heavy atom. The Morgan fingerprint density at radius 2 is 1.78 bits per heavy atom. The largest absolute Gasteiger partial charge is 0.497 e. The van der Waals surface area contributed by atoms with Crippen molar-refractivity contribution in [2.75, 3.05) is 7.11 Å². The Hall–Kier alpha value is -4.25. The molecule has 10 nitrogen and oxygen atoms in total. The lowest BCUT2D eigenvalue weighted by molar-refractivity contribution is -0.385. The highest BCUT2D eigenvalue weighted by molar-refractivity contribution is 7.87. The highest BCUT2D eigenvalue weighted by atomic mass is 32.2. The van der Waals surface area contributed by atoms with E-state index in [0.29, 0.717) is 11.3 Å². The zero-order chi connectivity index (χ0) is 23.1. The number of nitro groups is 1. The summed E-state index contributed by atoms with van der Waals surface area (Å²) in [4.78, 5) is 22.0. The molecule has 0 unspecified atom stereocenters. The summed E-state index contributed by atoms with van der Waals surface area (Å²) in [7, 11) is -2.84. The molecule has 11 heteroatoms.